The smallest absolute Gasteiger partial charge is 0.406 e. The molecule has 10 heteroatoms. The molecule has 0 radical (unpaired) electrons. The van der Waals surface area contributed by atoms with Crippen LogP contribution in [0.3, 0.4) is 0 Å². The van der Waals surface area contributed by atoms with Crippen LogP contribution in [0, 0.1) is 5.21 Å². The van der Waals surface area contributed by atoms with Crippen LogP contribution in [0.25, 0.3) is 11.0 Å². The number of hydrogen-bond donors (Lipinski definition) is 0. The lowest BCUT2D eigenvalue weighted by Crippen LogP contribution is -2.38. The molecule has 0 atom stereocenters. The van der Waals surface area contributed by atoms with Gasteiger partial charge >= 0.3 is 17.6 Å². The summed E-state index contributed by atoms with van der Waals surface area (Å²) in [6.45, 7) is -0.437. The van der Waals surface area contributed by atoms with E-state index in [1.165, 1.54) is 39.5 Å². The average molecular weight is 428 g/mol. The van der Waals surface area contributed by atoms with Crippen molar-refractivity contribution in [2.24, 2.45) is 0 Å². The van der Waals surface area contributed by atoms with Gasteiger partial charge in [-0.2, -0.15) is 4.73 Å². The Labute approximate surface area is 177 Å². The summed E-state index contributed by atoms with van der Waals surface area (Å²) in [5, 5.41) is 12.7. The number of ether oxygens (including phenoxy) is 5. The fourth-order valence-corrected chi connectivity index (χ4v) is 2.98. The number of carbonyl (C=O) groups excluding carboxylic acids is 2. The molecule has 0 N–H and O–H groups in total. The van der Waals surface area contributed by atoms with Crippen LogP contribution in [-0.4, -0.2) is 45.4 Å². The molecule has 3 aromatic rings. The Morgan fingerprint density at radius 2 is 1.61 bits per heavy atom. The third kappa shape index (κ3) is 4.13. The molecule has 0 saturated carbocycles. The maximum Gasteiger partial charge on any atom is 0.406 e. The van der Waals surface area contributed by atoms with Crippen molar-refractivity contribution in [1.29, 1.82) is 0 Å². The van der Waals surface area contributed by atoms with Crippen LogP contribution in [0.15, 0.2) is 36.4 Å². The van der Waals surface area contributed by atoms with Crippen LogP contribution < -0.4 is 18.9 Å². The molecule has 0 fully saturated rings. The maximum absolute atomic E-state index is 12.7. The van der Waals surface area contributed by atoms with Gasteiger partial charge in [0.1, 0.15) is 12.1 Å². The summed E-state index contributed by atoms with van der Waals surface area (Å²) in [6.07, 6.45) is 0. The van der Waals surface area contributed by atoms with Gasteiger partial charge in [-0.1, -0.05) is 12.1 Å². The highest BCUT2D eigenvalue weighted by atomic mass is 16.5. The van der Waals surface area contributed by atoms with Crippen molar-refractivity contribution in [2.45, 2.75) is 6.61 Å². The molecule has 3 rings (SSSR count). The normalized spacial score (nSPS) is 10.5. The van der Waals surface area contributed by atoms with Crippen LogP contribution in [-0.2, 0) is 16.1 Å². The van der Waals surface area contributed by atoms with E-state index in [2.05, 4.69) is 4.98 Å². The molecule has 0 unspecified atom stereocenters. The van der Waals surface area contributed by atoms with Gasteiger partial charge in [-0.15, -0.1) is 0 Å². The number of carbonyl (C=O) groups is 2. The minimum atomic E-state index is -0.896. The number of hydrogen-bond acceptors (Lipinski definition) is 9. The first kappa shape index (κ1) is 21.6. The SMILES string of the molecule is COC(=O)c1c(COC(=O)c2cc(OC)c(OC)c(OC)c2)nc2ccccc2[n+]1[O-]. The molecular weight excluding hydrogens is 408 g/mol. The van der Waals surface area contributed by atoms with E-state index in [1.54, 1.807) is 18.2 Å². The van der Waals surface area contributed by atoms with E-state index in [0.717, 1.165) is 7.11 Å². The zero-order chi connectivity index (χ0) is 22.5. The molecule has 10 nitrogen and oxygen atoms in total. The lowest BCUT2D eigenvalue weighted by molar-refractivity contribution is -0.581. The third-order valence-corrected chi connectivity index (χ3v) is 4.45. The highest BCUT2D eigenvalue weighted by Gasteiger charge is 2.28. The van der Waals surface area contributed by atoms with Gasteiger partial charge in [-0.3, -0.25) is 0 Å². The number of nitrogens with zero attached hydrogens (tertiary/aromatic N) is 2. The monoisotopic (exact) mass is 428 g/mol. The predicted molar refractivity (Wildman–Crippen MR) is 107 cm³/mol. The summed E-state index contributed by atoms with van der Waals surface area (Å²) in [7, 11) is 5.42. The molecule has 1 heterocycles. The lowest BCUT2D eigenvalue weighted by atomic mass is 10.2. The topological polar surface area (TPSA) is 120 Å². The van der Waals surface area contributed by atoms with Gasteiger partial charge < -0.3 is 28.9 Å². The van der Waals surface area contributed by atoms with Crippen molar-refractivity contribution >= 4 is 23.0 Å². The average Bonchev–Trinajstić information content (AvgIpc) is 2.80. The second kappa shape index (κ2) is 9.16. The zero-order valence-electron chi connectivity index (χ0n) is 17.3. The Morgan fingerprint density at radius 3 is 2.19 bits per heavy atom. The molecular formula is C21H20N2O8. The summed E-state index contributed by atoms with van der Waals surface area (Å²) in [5.41, 5.74) is 0.233. The molecule has 0 saturated heterocycles. The van der Waals surface area contributed by atoms with Gasteiger partial charge in [0.2, 0.25) is 11.3 Å². The lowest BCUT2D eigenvalue weighted by Gasteiger charge is -2.14. The largest absolute Gasteiger partial charge is 0.618 e. The highest BCUT2D eigenvalue weighted by molar-refractivity contribution is 5.92. The van der Waals surface area contributed by atoms with Crippen LogP contribution in [0.2, 0.25) is 0 Å². The van der Waals surface area contributed by atoms with Crippen molar-refractivity contribution in [2.75, 3.05) is 28.4 Å². The minimum Gasteiger partial charge on any atom is -0.618 e. The Morgan fingerprint density at radius 1 is 0.968 bits per heavy atom. The van der Waals surface area contributed by atoms with Crippen molar-refractivity contribution in [3.05, 3.63) is 58.6 Å². The predicted octanol–water partition coefficient (Wildman–Crippen LogP) is 2.04. The van der Waals surface area contributed by atoms with Gasteiger partial charge in [0, 0.05) is 6.07 Å². The van der Waals surface area contributed by atoms with E-state index < -0.39 is 18.5 Å². The summed E-state index contributed by atoms with van der Waals surface area (Å²) < 4.78 is 26.1. The summed E-state index contributed by atoms with van der Waals surface area (Å²) >= 11 is 0. The Kier molecular flexibility index (Phi) is 6.39. The summed E-state index contributed by atoms with van der Waals surface area (Å²) in [6, 6.07) is 9.31. The molecule has 0 amide bonds. The highest BCUT2D eigenvalue weighted by Crippen LogP contribution is 2.38. The van der Waals surface area contributed by atoms with Crippen molar-refractivity contribution in [3.8, 4) is 17.2 Å². The third-order valence-electron chi connectivity index (χ3n) is 4.45. The first-order valence-corrected chi connectivity index (χ1v) is 9.01. The Hall–Kier alpha value is -4.08. The fourth-order valence-electron chi connectivity index (χ4n) is 2.98. The maximum atomic E-state index is 12.7. The first-order valence-electron chi connectivity index (χ1n) is 9.01. The van der Waals surface area contributed by atoms with Crippen molar-refractivity contribution in [3.63, 3.8) is 0 Å². The van der Waals surface area contributed by atoms with Crippen LogP contribution in [0.1, 0.15) is 26.5 Å². The molecule has 2 aromatic carbocycles. The second-order valence-electron chi connectivity index (χ2n) is 6.17. The van der Waals surface area contributed by atoms with E-state index in [4.69, 9.17) is 23.7 Å². The molecule has 31 heavy (non-hydrogen) atoms. The Bertz CT molecular complexity index is 1120. The molecule has 0 aliphatic carbocycles. The molecule has 1 aromatic heterocycles. The number of fused-ring (bicyclic) bond motifs is 1. The summed E-state index contributed by atoms with van der Waals surface area (Å²) in [4.78, 5) is 29.1. The van der Waals surface area contributed by atoms with E-state index in [9.17, 15) is 14.8 Å². The van der Waals surface area contributed by atoms with Gasteiger partial charge in [0.15, 0.2) is 17.2 Å². The van der Waals surface area contributed by atoms with Crippen molar-refractivity contribution < 1.29 is 38.0 Å². The van der Waals surface area contributed by atoms with Crippen LogP contribution in [0.5, 0.6) is 17.2 Å². The molecule has 0 aliphatic rings. The quantitative estimate of drug-likeness (QED) is 0.316. The Balaban J connectivity index is 1.95. The van der Waals surface area contributed by atoms with E-state index >= 15 is 0 Å². The van der Waals surface area contributed by atoms with Crippen molar-refractivity contribution in [1.82, 2.24) is 4.98 Å². The number of benzene rings is 2. The molecule has 162 valence electrons. The summed E-state index contributed by atoms with van der Waals surface area (Å²) in [5.74, 6) is -0.789. The van der Waals surface area contributed by atoms with Gasteiger partial charge in [-0.05, 0) is 18.2 Å². The van der Waals surface area contributed by atoms with Gasteiger partial charge in [0.05, 0.1) is 34.0 Å². The fraction of sp³-hybridized carbons (Fsp3) is 0.238. The number of esters is 2. The number of aromatic nitrogens is 2. The van der Waals surface area contributed by atoms with Crippen LogP contribution >= 0.6 is 0 Å². The van der Waals surface area contributed by atoms with Gasteiger partial charge in [0.25, 0.3) is 0 Å². The number of rotatable bonds is 7. The molecule has 0 bridgehead atoms. The van der Waals surface area contributed by atoms with Crippen LogP contribution in [0.4, 0.5) is 0 Å². The van der Waals surface area contributed by atoms with E-state index in [1.807, 2.05) is 0 Å². The minimum absolute atomic E-state index is 0.0404. The number of para-hydroxylation sites is 2. The van der Waals surface area contributed by atoms with E-state index in [-0.39, 0.29) is 34.0 Å². The van der Waals surface area contributed by atoms with Gasteiger partial charge in [-0.25, -0.2) is 14.6 Å². The first-order chi connectivity index (χ1) is 14.9. The number of methoxy groups -OCH3 is 4. The molecule has 0 aliphatic heterocycles. The standard InChI is InChI=1S/C21H20N2O8/c1-27-16-9-12(10-17(28-2)19(16)29-3)20(24)31-11-14-18(21(25)30-4)23(26)15-8-6-5-7-13(15)22-14/h5-10H,11H2,1-4H3. The second-order valence-corrected chi connectivity index (χ2v) is 6.17. The molecule has 0 spiro atoms. The van der Waals surface area contributed by atoms with E-state index in [0.29, 0.717) is 16.0 Å². The zero-order valence-corrected chi connectivity index (χ0v) is 17.3.